The van der Waals surface area contributed by atoms with Crippen molar-refractivity contribution in [2.24, 2.45) is 5.92 Å². The summed E-state index contributed by atoms with van der Waals surface area (Å²) in [6.45, 7) is 10.2. The molecule has 0 aliphatic rings. The summed E-state index contributed by atoms with van der Waals surface area (Å²) in [5.41, 5.74) is 1.99. The number of hydrogen-bond acceptors (Lipinski definition) is 3. The van der Waals surface area contributed by atoms with E-state index in [2.05, 4.69) is 37.5 Å². The van der Waals surface area contributed by atoms with Gasteiger partial charge >= 0.3 is 0 Å². The van der Waals surface area contributed by atoms with Crippen molar-refractivity contribution in [3.05, 3.63) is 29.8 Å². The molecule has 2 N–H and O–H groups in total. The second-order valence-corrected chi connectivity index (χ2v) is 5.45. The Bertz CT molecular complexity index is 419. The second kappa shape index (κ2) is 8.72. The van der Waals surface area contributed by atoms with E-state index in [0.717, 1.165) is 24.4 Å². The highest BCUT2D eigenvalue weighted by Crippen LogP contribution is 2.17. The molecule has 0 fully saturated rings. The number of amides is 1. The summed E-state index contributed by atoms with van der Waals surface area (Å²) in [4.78, 5) is 11.0. The van der Waals surface area contributed by atoms with Gasteiger partial charge in [0, 0.05) is 31.8 Å². The van der Waals surface area contributed by atoms with Gasteiger partial charge < -0.3 is 15.4 Å². The molecule has 0 bridgehead atoms. The number of anilines is 1. The number of nitrogens with one attached hydrogen (secondary N) is 2. The van der Waals surface area contributed by atoms with Gasteiger partial charge in [-0.3, -0.25) is 4.79 Å². The molecular weight excluding hydrogens is 252 g/mol. The van der Waals surface area contributed by atoms with Gasteiger partial charge in [0.15, 0.2) is 0 Å². The predicted molar refractivity (Wildman–Crippen MR) is 82.8 cm³/mol. The zero-order valence-corrected chi connectivity index (χ0v) is 12.9. The normalized spacial score (nSPS) is 12.4. The molecule has 1 atom stereocenters. The molecule has 0 aliphatic heterocycles. The summed E-state index contributed by atoms with van der Waals surface area (Å²) in [6.07, 6.45) is 0. The van der Waals surface area contributed by atoms with Crippen LogP contribution in [-0.2, 0) is 9.53 Å². The molecule has 0 radical (unpaired) electrons. The van der Waals surface area contributed by atoms with E-state index in [-0.39, 0.29) is 11.9 Å². The van der Waals surface area contributed by atoms with E-state index < -0.39 is 0 Å². The van der Waals surface area contributed by atoms with Crippen LogP contribution in [0.4, 0.5) is 5.69 Å². The fourth-order valence-electron chi connectivity index (χ4n) is 1.87. The predicted octanol–water partition coefficient (Wildman–Crippen LogP) is 2.97. The minimum atomic E-state index is -0.0511. The van der Waals surface area contributed by atoms with Gasteiger partial charge in [-0.2, -0.15) is 0 Å². The maximum Gasteiger partial charge on any atom is 0.221 e. The molecule has 20 heavy (non-hydrogen) atoms. The third-order valence-corrected chi connectivity index (χ3v) is 2.86. The van der Waals surface area contributed by atoms with Gasteiger partial charge in [0.2, 0.25) is 5.91 Å². The van der Waals surface area contributed by atoms with E-state index in [0.29, 0.717) is 12.5 Å². The zero-order valence-electron chi connectivity index (χ0n) is 12.9. The van der Waals surface area contributed by atoms with Crippen molar-refractivity contribution in [2.45, 2.75) is 33.7 Å². The van der Waals surface area contributed by atoms with Crippen molar-refractivity contribution in [1.29, 1.82) is 0 Å². The minimum absolute atomic E-state index is 0.0511. The third-order valence-electron chi connectivity index (χ3n) is 2.86. The Hall–Kier alpha value is -1.39. The number of carbonyl (C=O) groups excluding carboxylic acids is 1. The molecule has 0 aromatic heterocycles. The van der Waals surface area contributed by atoms with Crippen LogP contribution in [0.25, 0.3) is 0 Å². The van der Waals surface area contributed by atoms with Gasteiger partial charge in [0.05, 0.1) is 6.61 Å². The van der Waals surface area contributed by atoms with Crippen LogP contribution in [0.15, 0.2) is 24.3 Å². The average Bonchev–Trinajstić information content (AvgIpc) is 2.37. The van der Waals surface area contributed by atoms with Crippen LogP contribution in [-0.4, -0.2) is 25.7 Å². The lowest BCUT2D eigenvalue weighted by molar-refractivity contribution is -0.114. The molecule has 1 unspecified atom stereocenters. The van der Waals surface area contributed by atoms with Gasteiger partial charge in [0.25, 0.3) is 0 Å². The Morgan fingerprint density at radius 1 is 1.30 bits per heavy atom. The van der Waals surface area contributed by atoms with Crippen molar-refractivity contribution >= 4 is 11.6 Å². The molecule has 1 rings (SSSR count). The summed E-state index contributed by atoms with van der Waals surface area (Å²) in [5.74, 6) is 0.520. The number of hydrogen-bond donors (Lipinski definition) is 2. The number of ether oxygens (including phenoxy) is 1. The van der Waals surface area contributed by atoms with Crippen LogP contribution in [0.1, 0.15) is 39.3 Å². The Morgan fingerprint density at radius 2 is 2.05 bits per heavy atom. The zero-order chi connectivity index (χ0) is 15.0. The van der Waals surface area contributed by atoms with Crippen LogP contribution in [0.3, 0.4) is 0 Å². The summed E-state index contributed by atoms with van der Waals surface area (Å²) in [7, 11) is 0. The van der Waals surface area contributed by atoms with Gasteiger partial charge in [0.1, 0.15) is 0 Å². The first-order chi connectivity index (χ1) is 9.49. The SMILES string of the molecule is CC(=O)Nc1cccc(C(C)NCCOCC(C)C)c1. The van der Waals surface area contributed by atoms with Crippen molar-refractivity contribution in [2.75, 3.05) is 25.1 Å². The van der Waals surface area contributed by atoms with Gasteiger partial charge in [-0.1, -0.05) is 26.0 Å². The van der Waals surface area contributed by atoms with Crippen LogP contribution < -0.4 is 10.6 Å². The highest BCUT2D eigenvalue weighted by atomic mass is 16.5. The first-order valence-electron chi connectivity index (χ1n) is 7.17. The van der Waals surface area contributed by atoms with Crippen molar-refractivity contribution in [3.8, 4) is 0 Å². The first-order valence-corrected chi connectivity index (χ1v) is 7.17. The standard InChI is InChI=1S/C16H26N2O2/c1-12(2)11-20-9-8-17-13(3)15-6-5-7-16(10-15)18-14(4)19/h5-7,10,12-13,17H,8-9,11H2,1-4H3,(H,18,19). The second-order valence-electron chi connectivity index (χ2n) is 5.45. The van der Waals surface area contributed by atoms with E-state index in [1.807, 2.05) is 18.2 Å². The minimum Gasteiger partial charge on any atom is -0.380 e. The highest BCUT2D eigenvalue weighted by molar-refractivity contribution is 5.88. The third kappa shape index (κ3) is 6.68. The lowest BCUT2D eigenvalue weighted by atomic mass is 10.1. The van der Waals surface area contributed by atoms with E-state index in [4.69, 9.17) is 4.74 Å². The van der Waals surface area contributed by atoms with E-state index in [1.165, 1.54) is 6.92 Å². The van der Waals surface area contributed by atoms with Gasteiger partial charge in [-0.05, 0) is 30.5 Å². The summed E-state index contributed by atoms with van der Waals surface area (Å²) < 4.78 is 5.54. The Kier molecular flexibility index (Phi) is 7.26. The molecule has 1 amide bonds. The molecule has 112 valence electrons. The topological polar surface area (TPSA) is 50.4 Å². The van der Waals surface area contributed by atoms with Crippen molar-refractivity contribution < 1.29 is 9.53 Å². The molecule has 0 aliphatic carbocycles. The van der Waals surface area contributed by atoms with Gasteiger partial charge in [-0.25, -0.2) is 0 Å². The Morgan fingerprint density at radius 3 is 2.70 bits per heavy atom. The smallest absolute Gasteiger partial charge is 0.221 e. The van der Waals surface area contributed by atoms with Crippen molar-refractivity contribution in [3.63, 3.8) is 0 Å². The maximum absolute atomic E-state index is 11.0. The average molecular weight is 278 g/mol. The fraction of sp³-hybridized carbons (Fsp3) is 0.562. The summed E-state index contributed by atoms with van der Waals surface area (Å²) in [6, 6.07) is 8.12. The lowest BCUT2D eigenvalue weighted by Gasteiger charge is -2.16. The van der Waals surface area contributed by atoms with Crippen molar-refractivity contribution in [1.82, 2.24) is 5.32 Å². The van der Waals surface area contributed by atoms with E-state index in [9.17, 15) is 4.79 Å². The van der Waals surface area contributed by atoms with Crippen LogP contribution >= 0.6 is 0 Å². The molecule has 4 heteroatoms. The molecule has 4 nitrogen and oxygen atoms in total. The van der Waals surface area contributed by atoms with E-state index in [1.54, 1.807) is 0 Å². The number of carbonyl (C=O) groups is 1. The fourth-order valence-corrected chi connectivity index (χ4v) is 1.87. The Labute approximate surface area is 121 Å². The molecule has 0 spiro atoms. The molecule has 1 aromatic carbocycles. The van der Waals surface area contributed by atoms with Crippen LogP contribution in [0.5, 0.6) is 0 Å². The highest BCUT2D eigenvalue weighted by Gasteiger charge is 2.06. The molecule has 0 saturated heterocycles. The van der Waals surface area contributed by atoms with Crippen LogP contribution in [0.2, 0.25) is 0 Å². The quantitative estimate of drug-likeness (QED) is 0.719. The Balaban J connectivity index is 2.39. The first kappa shape index (κ1) is 16.7. The van der Waals surface area contributed by atoms with Gasteiger partial charge in [-0.15, -0.1) is 0 Å². The summed E-state index contributed by atoms with van der Waals surface area (Å²) >= 11 is 0. The largest absolute Gasteiger partial charge is 0.380 e. The number of benzene rings is 1. The monoisotopic (exact) mass is 278 g/mol. The van der Waals surface area contributed by atoms with E-state index >= 15 is 0 Å². The molecule has 0 saturated carbocycles. The van der Waals surface area contributed by atoms with Crippen LogP contribution in [0, 0.1) is 5.92 Å². The number of rotatable bonds is 8. The lowest BCUT2D eigenvalue weighted by Crippen LogP contribution is -2.24. The molecule has 1 aromatic rings. The maximum atomic E-state index is 11.0. The molecular formula is C16H26N2O2. The summed E-state index contributed by atoms with van der Waals surface area (Å²) in [5, 5.41) is 6.21. The molecule has 0 heterocycles.